The van der Waals surface area contributed by atoms with Crippen molar-refractivity contribution in [3.05, 3.63) is 64.2 Å². The molecule has 1 amide bonds. The number of hydrogen-bond donors (Lipinski definition) is 1. The number of ether oxygens (including phenoxy) is 1. The molecule has 0 fully saturated rings. The smallest absolute Gasteiger partial charge is 0.440 e. The van der Waals surface area contributed by atoms with Crippen molar-refractivity contribution in [2.24, 2.45) is 0 Å². The van der Waals surface area contributed by atoms with Crippen LogP contribution in [0.5, 0.6) is 5.75 Å². The Morgan fingerprint density at radius 1 is 1.24 bits per heavy atom. The van der Waals surface area contributed by atoms with Crippen molar-refractivity contribution in [2.45, 2.75) is 26.8 Å². The lowest BCUT2D eigenvalue weighted by Crippen LogP contribution is -2.17. The van der Waals surface area contributed by atoms with Gasteiger partial charge in [0, 0.05) is 37.1 Å². The van der Waals surface area contributed by atoms with Crippen LogP contribution in [-0.4, -0.2) is 37.8 Å². The lowest BCUT2D eigenvalue weighted by molar-refractivity contribution is -0.274. The fraction of sp³-hybridized carbons (Fsp3) is 0.190. The van der Waals surface area contributed by atoms with E-state index in [1.807, 2.05) is 0 Å². The first-order valence-electron chi connectivity index (χ1n) is 9.71. The second-order valence-corrected chi connectivity index (χ2v) is 7.96. The number of Topliss-reactive ketones (excluding diaryl/α,β-unsaturated/α-hetero) is 1. The highest BCUT2D eigenvalue weighted by atomic mass is 32.1. The molecule has 13 heteroatoms. The van der Waals surface area contributed by atoms with E-state index in [1.54, 1.807) is 17.6 Å². The van der Waals surface area contributed by atoms with E-state index in [2.05, 4.69) is 25.1 Å². The molecule has 9 nitrogen and oxygen atoms in total. The van der Waals surface area contributed by atoms with Gasteiger partial charge >= 0.3 is 6.36 Å². The average molecular weight is 491 g/mol. The Hall–Kier alpha value is -4.00. The monoisotopic (exact) mass is 491 g/mol. The molecule has 1 aromatic carbocycles. The first-order chi connectivity index (χ1) is 16.1. The average Bonchev–Trinajstić information content (AvgIpc) is 3.47. The quantitative estimate of drug-likeness (QED) is 0.373. The number of alkyl halides is 3. The summed E-state index contributed by atoms with van der Waals surface area (Å²) in [5, 5.41) is 9.17. The van der Waals surface area contributed by atoms with Gasteiger partial charge in [0.05, 0.1) is 6.54 Å². The van der Waals surface area contributed by atoms with E-state index in [9.17, 15) is 22.8 Å². The van der Waals surface area contributed by atoms with E-state index in [1.165, 1.54) is 42.0 Å². The number of thiazole rings is 1. The summed E-state index contributed by atoms with van der Waals surface area (Å²) in [6, 6.07) is 6.60. The number of ketones is 1. The molecule has 3 aromatic heterocycles. The molecule has 0 unspecified atom stereocenters. The number of hydrogen-bond acceptors (Lipinski definition) is 8. The van der Waals surface area contributed by atoms with Gasteiger partial charge in [0.15, 0.2) is 28.9 Å². The van der Waals surface area contributed by atoms with Gasteiger partial charge in [-0.3, -0.25) is 14.3 Å². The summed E-state index contributed by atoms with van der Waals surface area (Å²) >= 11 is 1.32. The fourth-order valence-electron chi connectivity index (χ4n) is 2.99. The Labute approximate surface area is 194 Å². The first-order valence-corrected chi connectivity index (χ1v) is 10.6. The molecule has 176 valence electrons. The van der Waals surface area contributed by atoms with Gasteiger partial charge in [0.2, 0.25) is 0 Å². The summed E-state index contributed by atoms with van der Waals surface area (Å²) in [4.78, 5) is 32.5. The Morgan fingerprint density at radius 3 is 2.74 bits per heavy atom. The van der Waals surface area contributed by atoms with Crippen LogP contribution < -0.4 is 10.1 Å². The highest BCUT2D eigenvalue weighted by Crippen LogP contribution is 2.31. The van der Waals surface area contributed by atoms with Crippen LogP contribution in [0.25, 0.3) is 11.3 Å². The summed E-state index contributed by atoms with van der Waals surface area (Å²) in [7, 11) is 0. The van der Waals surface area contributed by atoms with Gasteiger partial charge < -0.3 is 14.5 Å². The number of nitrogens with one attached hydrogen (secondary N) is 1. The number of oxazole rings is 1. The molecular weight excluding hydrogens is 475 g/mol. The van der Waals surface area contributed by atoms with Crippen LogP contribution in [0, 0.1) is 6.92 Å². The Balaban J connectivity index is 1.51. The largest absolute Gasteiger partial charge is 0.573 e. The molecule has 0 aliphatic heterocycles. The van der Waals surface area contributed by atoms with Gasteiger partial charge in [0.25, 0.3) is 5.91 Å². The first kappa shape index (κ1) is 23.2. The molecule has 4 aromatic rings. The maximum atomic E-state index is 12.8. The maximum Gasteiger partial charge on any atom is 0.573 e. The van der Waals surface area contributed by atoms with E-state index in [4.69, 9.17) is 4.42 Å². The normalized spacial score (nSPS) is 11.4. The van der Waals surface area contributed by atoms with Gasteiger partial charge in [0.1, 0.15) is 16.5 Å². The summed E-state index contributed by atoms with van der Waals surface area (Å²) in [5.74, 6) is -0.898. The van der Waals surface area contributed by atoms with Gasteiger partial charge in [-0.1, -0.05) is 12.1 Å². The zero-order chi connectivity index (χ0) is 24.5. The number of anilines is 1. The number of carbonyl (C=O) groups excluding carboxylic acids is 2. The number of benzene rings is 1. The number of halogens is 3. The van der Waals surface area contributed by atoms with E-state index >= 15 is 0 Å². The number of carbonyl (C=O) groups is 2. The van der Waals surface area contributed by atoms with Crippen LogP contribution in [0.4, 0.5) is 19.0 Å². The molecule has 0 atom stereocenters. The lowest BCUT2D eigenvalue weighted by atomic mass is 10.1. The van der Waals surface area contributed by atoms with Crippen LogP contribution >= 0.6 is 11.3 Å². The summed E-state index contributed by atoms with van der Waals surface area (Å²) in [6.45, 7) is 3.24. The Kier molecular flexibility index (Phi) is 6.20. The molecule has 0 bridgehead atoms. The van der Waals surface area contributed by atoms with Crippen molar-refractivity contribution in [2.75, 3.05) is 5.32 Å². The molecule has 34 heavy (non-hydrogen) atoms. The van der Waals surface area contributed by atoms with Crippen molar-refractivity contribution < 1.29 is 31.9 Å². The molecule has 1 N–H and O–H groups in total. The maximum absolute atomic E-state index is 12.8. The molecular formula is C21H16F3N5O4S. The van der Waals surface area contributed by atoms with Crippen LogP contribution in [0.2, 0.25) is 0 Å². The van der Waals surface area contributed by atoms with Crippen LogP contribution in [-0.2, 0) is 6.54 Å². The number of amides is 1. The van der Waals surface area contributed by atoms with E-state index in [0.29, 0.717) is 17.2 Å². The number of rotatable bonds is 7. The summed E-state index contributed by atoms with van der Waals surface area (Å²) < 4.78 is 48.6. The van der Waals surface area contributed by atoms with Crippen LogP contribution in [0.1, 0.15) is 38.8 Å². The predicted octanol–water partition coefficient (Wildman–Crippen LogP) is 4.70. The number of aryl methyl sites for hydroxylation is 1. The lowest BCUT2D eigenvalue weighted by Gasteiger charge is -2.09. The zero-order valence-corrected chi connectivity index (χ0v) is 18.5. The topological polar surface area (TPSA) is 112 Å². The molecule has 0 saturated carbocycles. The molecule has 4 rings (SSSR count). The minimum absolute atomic E-state index is 0.0124. The molecule has 3 heterocycles. The van der Waals surface area contributed by atoms with Crippen molar-refractivity contribution in [1.29, 1.82) is 0 Å². The van der Waals surface area contributed by atoms with E-state index in [0.717, 1.165) is 12.1 Å². The summed E-state index contributed by atoms with van der Waals surface area (Å²) in [6.07, 6.45) is -3.24. The highest BCUT2D eigenvalue weighted by Gasteiger charge is 2.31. The molecule has 0 aliphatic carbocycles. The van der Waals surface area contributed by atoms with Gasteiger partial charge in [-0.25, -0.2) is 9.97 Å². The molecule has 0 saturated heterocycles. The third kappa shape index (κ3) is 5.49. The predicted molar refractivity (Wildman–Crippen MR) is 115 cm³/mol. The SMILES string of the molecule is CC(=O)c1csc(Cn2ccc(NC(=O)c3nc(C)oc3-c3cccc(OC(F)(F)F)c3)n2)n1. The second kappa shape index (κ2) is 9.09. The highest BCUT2D eigenvalue weighted by molar-refractivity contribution is 7.09. The molecule has 0 radical (unpaired) electrons. The van der Waals surface area contributed by atoms with Gasteiger partial charge in [-0.2, -0.15) is 5.10 Å². The van der Waals surface area contributed by atoms with Crippen molar-refractivity contribution in [3.63, 3.8) is 0 Å². The van der Waals surface area contributed by atoms with Gasteiger partial charge in [-0.15, -0.1) is 24.5 Å². The Morgan fingerprint density at radius 2 is 2.03 bits per heavy atom. The number of nitrogens with zero attached hydrogens (tertiary/aromatic N) is 4. The number of aromatic nitrogens is 4. The summed E-state index contributed by atoms with van der Waals surface area (Å²) in [5.41, 5.74) is 0.435. The van der Waals surface area contributed by atoms with Crippen LogP contribution in [0.3, 0.4) is 0 Å². The molecule has 0 aliphatic rings. The van der Waals surface area contributed by atoms with E-state index < -0.39 is 18.0 Å². The standard InChI is InChI=1S/C21H16F3N5O4S/c1-11(30)15-10-34-17(26-15)9-29-7-6-16(28-29)27-20(31)18-19(32-12(2)25-18)13-4-3-5-14(8-13)33-21(22,23)24/h3-8,10H,9H2,1-2H3,(H,27,28,31). The minimum atomic E-state index is -4.86. The molecule has 0 spiro atoms. The minimum Gasteiger partial charge on any atom is -0.440 e. The Bertz CT molecular complexity index is 1360. The van der Waals surface area contributed by atoms with Crippen molar-refractivity contribution in [1.82, 2.24) is 19.7 Å². The van der Waals surface area contributed by atoms with E-state index in [-0.39, 0.29) is 34.5 Å². The zero-order valence-electron chi connectivity index (χ0n) is 17.7. The second-order valence-electron chi connectivity index (χ2n) is 7.02. The van der Waals surface area contributed by atoms with Crippen LogP contribution in [0.15, 0.2) is 46.3 Å². The third-order valence-electron chi connectivity index (χ3n) is 4.37. The van der Waals surface area contributed by atoms with Crippen molar-refractivity contribution >= 4 is 28.8 Å². The van der Waals surface area contributed by atoms with Crippen molar-refractivity contribution in [3.8, 4) is 17.1 Å². The third-order valence-corrected chi connectivity index (χ3v) is 5.20. The fourth-order valence-corrected chi connectivity index (χ4v) is 3.81. The van der Waals surface area contributed by atoms with Gasteiger partial charge in [-0.05, 0) is 12.1 Å².